The molecule has 0 radical (unpaired) electrons. The zero-order valence-electron chi connectivity index (χ0n) is 14.3. The van der Waals surface area contributed by atoms with Gasteiger partial charge < -0.3 is 4.74 Å². The van der Waals surface area contributed by atoms with E-state index in [4.69, 9.17) is 4.74 Å². The Balaban J connectivity index is 1.59. The number of hydrogen-bond acceptors (Lipinski definition) is 4. The number of ether oxygens (including phenoxy) is 1. The van der Waals surface area contributed by atoms with Crippen molar-refractivity contribution in [3.8, 4) is 0 Å². The molecule has 0 N–H and O–H groups in total. The molecule has 1 amide bonds. The van der Waals surface area contributed by atoms with Gasteiger partial charge in [-0.2, -0.15) is 0 Å². The third-order valence-electron chi connectivity index (χ3n) is 4.42. The van der Waals surface area contributed by atoms with E-state index in [-0.39, 0.29) is 11.6 Å². The van der Waals surface area contributed by atoms with Gasteiger partial charge >= 0.3 is 0 Å². The molecule has 0 saturated carbocycles. The first-order valence-corrected chi connectivity index (χ1v) is 8.49. The fourth-order valence-electron chi connectivity index (χ4n) is 3.02. The molecule has 0 aromatic heterocycles. The average molecular weight is 360 g/mol. The van der Waals surface area contributed by atoms with E-state index in [1.165, 1.54) is 12.1 Å². The van der Waals surface area contributed by atoms with Gasteiger partial charge in [0, 0.05) is 23.5 Å². The summed E-state index contributed by atoms with van der Waals surface area (Å²) in [5, 5.41) is 10.8. The molecular formula is C21H16N2O4. The van der Waals surface area contributed by atoms with Crippen LogP contribution in [-0.4, -0.2) is 16.9 Å². The second-order valence-electron chi connectivity index (χ2n) is 6.17. The van der Waals surface area contributed by atoms with Crippen LogP contribution in [0.15, 0.2) is 84.9 Å². The molecule has 1 aliphatic heterocycles. The van der Waals surface area contributed by atoms with Crippen LogP contribution in [-0.2, 0) is 9.53 Å². The lowest BCUT2D eigenvalue weighted by Crippen LogP contribution is -2.30. The molecule has 0 unspecified atom stereocenters. The molecule has 1 saturated heterocycles. The Kier molecular flexibility index (Phi) is 4.40. The minimum absolute atomic E-state index is 0.0116. The number of carbonyl (C=O) groups is 1. The van der Waals surface area contributed by atoms with Crippen LogP contribution < -0.4 is 4.90 Å². The quantitative estimate of drug-likeness (QED) is 0.384. The van der Waals surface area contributed by atoms with E-state index in [2.05, 4.69) is 0 Å². The number of anilines is 2. The van der Waals surface area contributed by atoms with Crippen LogP contribution in [0.3, 0.4) is 0 Å². The SMILES string of the molecule is O=C([C@H]1O[C@@H]1c1ccc([N+](=O)[O-])cc1)N(c1ccccc1)c1ccccc1. The number of rotatable bonds is 5. The maximum absolute atomic E-state index is 13.2. The Morgan fingerprint density at radius 2 is 1.37 bits per heavy atom. The number of carbonyl (C=O) groups excluding carboxylic acids is 1. The summed E-state index contributed by atoms with van der Waals surface area (Å²) in [6.07, 6.45) is -1.01. The summed E-state index contributed by atoms with van der Waals surface area (Å²) in [6, 6.07) is 24.9. The van der Waals surface area contributed by atoms with E-state index in [9.17, 15) is 14.9 Å². The van der Waals surface area contributed by atoms with Gasteiger partial charge in [-0.25, -0.2) is 0 Å². The molecule has 2 atom stereocenters. The minimum atomic E-state index is -0.619. The van der Waals surface area contributed by atoms with Crippen molar-refractivity contribution in [3.05, 3.63) is 101 Å². The van der Waals surface area contributed by atoms with E-state index < -0.39 is 17.1 Å². The molecule has 1 aliphatic rings. The van der Waals surface area contributed by atoms with Crippen LogP contribution in [0, 0.1) is 10.1 Å². The van der Waals surface area contributed by atoms with Crippen molar-refractivity contribution in [1.82, 2.24) is 0 Å². The van der Waals surface area contributed by atoms with Crippen molar-refractivity contribution < 1.29 is 14.5 Å². The molecule has 0 bridgehead atoms. The van der Waals surface area contributed by atoms with Gasteiger partial charge in [-0.15, -0.1) is 0 Å². The van der Waals surface area contributed by atoms with E-state index in [0.29, 0.717) is 0 Å². The second-order valence-corrected chi connectivity index (χ2v) is 6.17. The number of nitro groups is 1. The molecule has 1 heterocycles. The van der Waals surface area contributed by atoms with Gasteiger partial charge in [0.2, 0.25) is 0 Å². The smallest absolute Gasteiger partial charge is 0.269 e. The van der Waals surface area contributed by atoms with Gasteiger partial charge in [-0.05, 0) is 42.0 Å². The van der Waals surface area contributed by atoms with Crippen molar-refractivity contribution in [1.29, 1.82) is 0 Å². The number of hydrogen-bond donors (Lipinski definition) is 0. The normalized spacial score (nSPS) is 17.9. The lowest BCUT2D eigenvalue weighted by atomic mass is 10.1. The molecule has 27 heavy (non-hydrogen) atoms. The highest BCUT2D eigenvalue weighted by atomic mass is 16.6. The fraction of sp³-hybridized carbons (Fsp3) is 0.0952. The molecule has 6 heteroatoms. The van der Waals surface area contributed by atoms with Crippen LogP contribution in [0.2, 0.25) is 0 Å². The Morgan fingerprint density at radius 1 is 0.852 bits per heavy atom. The summed E-state index contributed by atoms with van der Waals surface area (Å²) in [5.74, 6) is -0.171. The summed E-state index contributed by atoms with van der Waals surface area (Å²) < 4.78 is 5.63. The molecule has 0 aliphatic carbocycles. The first-order valence-electron chi connectivity index (χ1n) is 8.49. The van der Waals surface area contributed by atoms with Crippen LogP contribution in [0.1, 0.15) is 11.7 Å². The first-order chi connectivity index (χ1) is 13.1. The van der Waals surface area contributed by atoms with Gasteiger partial charge in [0.1, 0.15) is 6.10 Å². The van der Waals surface area contributed by atoms with Crippen molar-refractivity contribution in [2.75, 3.05) is 4.90 Å². The third-order valence-corrected chi connectivity index (χ3v) is 4.42. The molecule has 3 aromatic carbocycles. The van der Waals surface area contributed by atoms with E-state index in [0.717, 1.165) is 16.9 Å². The molecule has 1 fully saturated rings. The van der Waals surface area contributed by atoms with Gasteiger partial charge in [-0.1, -0.05) is 36.4 Å². The predicted molar refractivity (Wildman–Crippen MR) is 101 cm³/mol. The average Bonchev–Trinajstić information content (AvgIpc) is 3.51. The summed E-state index contributed by atoms with van der Waals surface area (Å²) in [5.41, 5.74) is 2.27. The van der Waals surface area contributed by atoms with Crippen molar-refractivity contribution in [2.45, 2.75) is 12.2 Å². The Hall–Kier alpha value is -3.51. The highest BCUT2D eigenvalue weighted by molar-refractivity contribution is 6.04. The second kappa shape index (κ2) is 7.01. The number of non-ortho nitro benzene ring substituents is 1. The van der Waals surface area contributed by atoms with Gasteiger partial charge in [-0.3, -0.25) is 19.8 Å². The Bertz CT molecular complexity index is 919. The topological polar surface area (TPSA) is 76.0 Å². The van der Waals surface area contributed by atoms with Gasteiger partial charge in [0.25, 0.3) is 11.6 Å². The Morgan fingerprint density at radius 3 is 1.85 bits per heavy atom. The summed E-state index contributed by atoms with van der Waals surface area (Å²) in [7, 11) is 0. The number of epoxide rings is 1. The van der Waals surface area contributed by atoms with Crippen molar-refractivity contribution in [2.24, 2.45) is 0 Å². The number of amides is 1. The fourth-order valence-corrected chi connectivity index (χ4v) is 3.02. The molecule has 3 aromatic rings. The number of nitro benzene ring substituents is 1. The van der Waals surface area contributed by atoms with Crippen LogP contribution >= 0.6 is 0 Å². The van der Waals surface area contributed by atoms with Gasteiger partial charge in [0.05, 0.1) is 4.92 Å². The van der Waals surface area contributed by atoms with Crippen LogP contribution in [0.5, 0.6) is 0 Å². The van der Waals surface area contributed by atoms with E-state index in [1.807, 2.05) is 60.7 Å². The predicted octanol–water partition coefficient (Wildman–Crippen LogP) is 4.40. The number of para-hydroxylation sites is 2. The molecule has 134 valence electrons. The van der Waals surface area contributed by atoms with Crippen molar-refractivity contribution >= 4 is 23.0 Å². The standard InChI is InChI=1S/C21H16N2O4/c24-21(20-19(27-20)15-11-13-18(14-12-15)23(25)26)22(16-7-3-1-4-8-16)17-9-5-2-6-10-17/h1-14,19-20H/t19-,20+/m1/s1. The molecule has 0 spiro atoms. The highest BCUT2D eigenvalue weighted by Gasteiger charge is 2.48. The monoisotopic (exact) mass is 360 g/mol. The molecule has 6 nitrogen and oxygen atoms in total. The Labute approximate surface area is 155 Å². The highest BCUT2D eigenvalue weighted by Crippen LogP contribution is 2.42. The summed E-state index contributed by atoms with van der Waals surface area (Å²) in [4.78, 5) is 25.1. The van der Waals surface area contributed by atoms with Crippen LogP contribution in [0.4, 0.5) is 17.1 Å². The maximum atomic E-state index is 13.2. The van der Waals surface area contributed by atoms with Crippen molar-refractivity contribution in [3.63, 3.8) is 0 Å². The minimum Gasteiger partial charge on any atom is -0.354 e. The van der Waals surface area contributed by atoms with E-state index in [1.54, 1.807) is 17.0 Å². The molecular weight excluding hydrogens is 344 g/mol. The summed E-state index contributed by atoms with van der Waals surface area (Å²) in [6.45, 7) is 0. The third kappa shape index (κ3) is 3.43. The summed E-state index contributed by atoms with van der Waals surface area (Å²) >= 11 is 0. The van der Waals surface area contributed by atoms with Gasteiger partial charge in [0.15, 0.2) is 6.10 Å². The zero-order valence-corrected chi connectivity index (χ0v) is 14.3. The number of benzene rings is 3. The maximum Gasteiger partial charge on any atom is 0.269 e. The lowest BCUT2D eigenvalue weighted by Gasteiger charge is -2.22. The lowest BCUT2D eigenvalue weighted by molar-refractivity contribution is -0.384. The van der Waals surface area contributed by atoms with Crippen LogP contribution in [0.25, 0.3) is 0 Å². The largest absolute Gasteiger partial charge is 0.354 e. The number of nitrogens with zero attached hydrogens (tertiary/aromatic N) is 2. The zero-order chi connectivity index (χ0) is 18.8. The first kappa shape index (κ1) is 16.9. The van der Waals surface area contributed by atoms with E-state index >= 15 is 0 Å². The molecule has 4 rings (SSSR count).